The van der Waals surface area contributed by atoms with E-state index in [1.54, 1.807) is 18.2 Å². The summed E-state index contributed by atoms with van der Waals surface area (Å²) in [4.78, 5) is 28.4. The number of hydrogen-bond donors (Lipinski definition) is 1. The SMILES string of the molecule is O=C(O)[C@@H](c1ccc2c(c1)OCO2)N1CCC(C(=O)N2CCCC2)CC1. The van der Waals surface area contributed by atoms with E-state index in [0.717, 1.165) is 25.9 Å². The predicted molar refractivity (Wildman–Crippen MR) is 93.1 cm³/mol. The fourth-order valence-electron chi connectivity index (χ4n) is 4.19. The first kappa shape index (κ1) is 17.1. The summed E-state index contributed by atoms with van der Waals surface area (Å²) in [6.07, 6.45) is 3.61. The summed E-state index contributed by atoms with van der Waals surface area (Å²) in [7, 11) is 0. The van der Waals surface area contributed by atoms with Crippen LogP contribution in [0.2, 0.25) is 0 Å². The first-order chi connectivity index (χ1) is 12.6. The summed E-state index contributed by atoms with van der Waals surface area (Å²) in [5.41, 5.74) is 0.686. The number of hydrogen-bond acceptors (Lipinski definition) is 5. The van der Waals surface area contributed by atoms with Crippen LogP contribution in [0.15, 0.2) is 18.2 Å². The van der Waals surface area contributed by atoms with E-state index in [0.29, 0.717) is 43.0 Å². The molecule has 0 saturated carbocycles. The highest BCUT2D eigenvalue weighted by molar-refractivity contribution is 5.79. The van der Waals surface area contributed by atoms with Gasteiger partial charge in [-0.15, -0.1) is 0 Å². The normalized spacial score (nSPS) is 21.8. The topological polar surface area (TPSA) is 79.3 Å². The zero-order valence-corrected chi connectivity index (χ0v) is 14.7. The van der Waals surface area contributed by atoms with E-state index in [9.17, 15) is 14.7 Å². The Morgan fingerprint density at radius 1 is 1.04 bits per heavy atom. The van der Waals surface area contributed by atoms with Gasteiger partial charge < -0.3 is 19.5 Å². The quantitative estimate of drug-likeness (QED) is 0.883. The van der Waals surface area contributed by atoms with E-state index in [2.05, 4.69) is 0 Å². The lowest BCUT2D eigenvalue weighted by Crippen LogP contribution is -2.44. The van der Waals surface area contributed by atoms with E-state index in [-0.39, 0.29) is 18.6 Å². The minimum absolute atomic E-state index is 0.0237. The third kappa shape index (κ3) is 3.23. The van der Waals surface area contributed by atoms with Crippen molar-refractivity contribution in [3.05, 3.63) is 23.8 Å². The molecule has 2 fully saturated rings. The van der Waals surface area contributed by atoms with Crippen molar-refractivity contribution in [1.82, 2.24) is 9.80 Å². The van der Waals surface area contributed by atoms with Gasteiger partial charge in [-0.05, 0) is 43.4 Å². The number of likely N-dealkylation sites (tertiary alicyclic amines) is 2. The van der Waals surface area contributed by atoms with Crippen LogP contribution >= 0.6 is 0 Å². The lowest BCUT2D eigenvalue weighted by atomic mass is 9.93. The number of aliphatic carboxylic acids is 1. The zero-order chi connectivity index (χ0) is 18.1. The fraction of sp³-hybridized carbons (Fsp3) is 0.579. The van der Waals surface area contributed by atoms with Crippen LogP contribution in [0, 0.1) is 5.92 Å². The molecule has 1 amide bonds. The van der Waals surface area contributed by atoms with E-state index in [4.69, 9.17) is 9.47 Å². The van der Waals surface area contributed by atoms with Crippen molar-refractivity contribution in [1.29, 1.82) is 0 Å². The Morgan fingerprint density at radius 2 is 1.73 bits per heavy atom. The smallest absolute Gasteiger partial charge is 0.325 e. The molecule has 3 aliphatic heterocycles. The summed E-state index contributed by atoms with van der Waals surface area (Å²) in [6, 6.07) is 4.57. The number of carboxylic acids is 1. The second-order valence-corrected chi connectivity index (χ2v) is 7.20. The number of carbonyl (C=O) groups excluding carboxylic acids is 1. The number of carbonyl (C=O) groups is 2. The van der Waals surface area contributed by atoms with Crippen LogP contribution in [0.4, 0.5) is 0 Å². The van der Waals surface area contributed by atoms with Crippen LogP contribution in [0.3, 0.4) is 0 Å². The Balaban J connectivity index is 1.44. The van der Waals surface area contributed by atoms with Crippen molar-refractivity contribution in [2.75, 3.05) is 33.0 Å². The van der Waals surface area contributed by atoms with Crippen LogP contribution in [-0.2, 0) is 9.59 Å². The summed E-state index contributed by atoms with van der Waals surface area (Å²) >= 11 is 0. The molecule has 7 heteroatoms. The third-order valence-electron chi connectivity index (χ3n) is 5.61. The van der Waals surface area contributed by atoms with Gasteiger partial charge in [0.05, 0.1) is 0 Å². The molecule has 140 valence electrons. The van der Waals surface area contributed by atoms with Crippen LogP contribution in [0.25, 0.3) is 0 Å². The lowest BCUT2D eigenvalue weighted by Gasteiger charge is -2.36. The van der Waals surface area contributed by atoms with Crippen molar-refractivity contribution >= 4 is 11.9 Å². The number of benzene rings is 1. The number of fused-ring (bicyclic) bond motifs is 1. The molecule has 1 N–H and O–H groups in total. The van der Waals surface area contributed by atoms with Gasteiger partial charge in [0.25, 0.3) is 0 Å². The second kappa shape index (κ2) is 7.15. The summed E-state index contributed by atoms with van der Waals surface area (Å²) in [5.74, 6) is 0.626. The highest BCUT2D eigenvalue weighted by atomic mass is 16.7. The molecule has 2 saturated heterocycles. The Labute approximate surface area is 152 Å². The number of nitrogens with zero attached hydrogens (tertiary/aromatic N) is 2. The molecule has 0 aromatic heterocycles. The maximum atomic E-state index is 12.6. The van der Waals surface area contributed by atoms with E-state index in [1.165, 1.54) is 0 Å². The predicted octanol–water partition coefficient (Wildman–Crippen LogP) is 1.88. The molecule has 1 aromatic carbocycles. The van der Waals surface area contributed by atoms with Gasteiger partial charge in [-0.3, -0.25) is 14.5 Å². The van der Waals surface area contributed by atoms with Crippen molar-refractivity contribution in [3.63, 3.8) is 0 Å². The fourth-order valence-corrected chi connectivity index (χ4v) is 4.19. The number of rotatable bonds is 4. The molecule has 0 spiro atoms. The molecule has 3 heterocycles. The van der Waals surface area contributed by atoms with Gasteiger partial charge in [0.15, 0.2) is 11.5 Å². The third-order valence-corrected chi connectivity index (χ3v) is 5.61. The molecule has 3 aliphatic rings. The lowest BCUT2D eigenvalue weighted by molar-refractivity contribution is -0.144. The van der Waals surface area contributed by atoms with Gasteiger partial charge in [-0.25, -0.2) is 0 Å². The molecule has 1 atom stereocenters. The number of amides is 1. The molecular formula is C19H24N2O5. The molecule has 4 rings (SSSR count). The van der Waals surface area contributed by atoms with E-state index >= 15 is 0 Å². The Bertz CT molecular complexity index is 693. The standard InChI is InChI=1S/C19H24N2O5/c22-18(21-7-1-2-8-21)13-5-9-20(10-6-13)17(19(23)24)14-3-4-15-16(11-14)26-12-25-15/h3-4,11,13,17H,1-2,5-10,12H2,(H,23,24)/t17-/m1/s1. The largest absolute Gasteiger partial charge is 0.480 e. The molecular weight excluding hydrogens is 336 g/mol. The molecule has 7 nitrogen and oxygen atoms in total. The minimum atomic E-state index is -0.881. The Morgan fingerprint density at radius 3 is 2.42 bits per heavy atom. The highest BCUT2D eigenvalue weighted by Crippen LogP contribution is 2.36. The maximum absolute atomic E-state index is 12.6. The van der Waals surface area contributed by atoms with Gasteiger partial charge >= 0.3 is 5.97 Å². The first-order valence-corrected chi connectivity index (χ1v) is 9.28. The zero-order valence-electron chi connectivity index (χ0n) is 14.7. The van der Waals surface area contributed by atoms with Crippen LogP contribution < -0.4 is 9.47 Å². The maximum Gasteiger partial charge on any atom is 0.325 e. The summed E-state index contributed by atoms with van der Waals surface area (Å²) in [5, 5.41) is 9.79. The average Bonchev–Trinajstić information content (AvgIpc) is 3.33. The van der Waals surface area contributed by atoms with Crippen molar-refractivity contribution < 1.29 is 24.2 Å². The molecule has 0 unspecified atom stereocenters. The minimum Gasteiger partial charge on any atom is -0.480 e. The van der Waals surface area contributed by atoms with Crippen LogP contribution in [0.1, 0.15) is 37.3 Å². The average molecular weight is 360 g/mol. The number of piperidine rings is 1. The van der Waals surface area contributed by atoms with Crippen molar-refractivity contribution in [2.45, 2.75) is 31.7 Å². The van der Waals surface area contributed by atoms with Crippen LogP contribution in [0.5, 0.6) is 11.5 Å². The molecule has 1 aromatic rings. The number of ether oxygens (including phenoxy) is 2. The van der Waals surface area contributed by atoms with E-state index in [1.807, 2.05) is 9.80 Å². The van der Waals surface area contributed by atoms with Crippen LogP contribution in [-0.4, -0.2) is 59.8 Å². The first-order valence-electron chi connectivity index (χ1n) is 9.28. The van der Waals surface area contributed by atoms with Gasteiger partial charge in [-0.1, -0.05) is 6.07 Å². The Hall–Kier alpha value is -2.28. The summed E-state index contributed by atoms with van der Waals surface area (Å²) < 4.78 is 10.7. The Kier molecular flexibility index (Phi) is 4.72. The van der Waals surface area contributed by atoms with Gasteiger partial charge in [-0.2, -0.15) is 0 Å². The molecule has 0 bridgehead atoms. The molecule has 0 radical (unpaired) electrons. The van der Waals surface area contributed by atoms with Gasteiger partial charge in [0.1, 0.15) is 6.04 Å². The van der Waals surface area contributed by atoms with Gasteiger partial charge in [0.2, 0.25) is 12.7 Å². The van der Waals surface area contributed by atoms with Crippen molar-refractivity contribution in [3.8, 4) is 11.5 Å². The van der Waals surface area contributed by atoms with Gasteiger partial charge in [0, 0.05) is 32.1 Å². The highest BCUT2D eigenvalue weighted by Gasteiger charge is 2.35. The second-order valence-electron chi connectivity index (χ2n) is 7.20. The van der Waals surface area contributed by atoms with Crippen molar-refractivity contribution in [2.24, 2.45) is 5.92 Å². The summed E-state index contributed by atoms with van der Waals surface area (Å²) in [6.45, 7) is 3.12. The monoisotopic (exact) mass is 360 g/mol. The molecule has 26 heavy (non-hydrogen) atoms. The molecule has 0 aliphatic carbocycles. The number of carboxylic acid groups (broad SMARTS) is 1. The van der Waals surface area contributed by atoms with E-state index < -0.39 is 12.0 Å².